The van der Waals surface area contributed by atoms with E-state index in [0.717, 1.165) is 49.7 Å². The molecule has 1 fully saturated rings. The van der Waals surface area contributed by atoms with Gasteiger partial charge in [-0.05, 0) is 42.0 Å². The normalized spacial score (nSPS) is 15.1. The van der Waals surface area contributed by atoms with Crippen molar-refractivity contribution in [2.75, 3.05) is 25.5 Å². The van der Waals surface area contributed by atoms with Gasteiger partial charge in [0.2, 0.25) is 5.91 Å². The van der Waals surface area contributed by atoms with E-state index in [1.807, 2.05) is 39.1 Å². The third-order valence-corrected chi connectivity index (χ3v) is 5.67. The first-order chi connectivity index (χ1) is 15.5. The van der Waals surface area contributed by atoms with Crippen LogP contribution in [0.3, 0.4) is 0 Å². The van der Waals surface area contributed by atoms with Gasteiger partial charge in [-0.25, -0.2) is 0 Å². The van der Waals surface area contributed by atoms with E-state index >= 15 is 0 Å². The van der Waals surface area contributed by atoms with Gasteiger partial charge < -0.3 is 16.0 Å². The van der Waals surface area contributed by atoms with E-state index in [-0.39, 0.29) is 29.9 Å². The third-order valence-electron chi connectivity index (χ3n) is 5.67. The zero-order valence-electron chi connectivity index (χ0n) is 20.0. The Morgan fingerprint density at radius 3 is 2.42 bits per heavy atom. The Hall–Kier alpha value is -2.13. The lowest BCUT2D eigenvalue weighted by molar-refractivity contribution is -0.116. The van der Waals surface area contributed by atoms with E-state index in [1.165, 1.54) is 5.56 Å². The first-order valence-corrected chi connectivity index (χ1v) is 11.6. The molecule has 1 aliphatic heterocycles. The van der Waals surface area contributed by atoms with Crippen LogP contribution in [0.2, 0.25) is 0 Å². The first kappa shape index (κ1) is 27.1. The van der Waals surface area contributed by atoms with Gasteiger partial charge in [0.1, 0.15) is 0 Å². The van der Waals surface area contributed by atoms with Crippen molar-refractivity contribution < 1.29 is 4.79 Å². The van der Waals surface area contributed by atoms with Gasteiger partial charge in [0, 0.05) is 51.4 Å². The molecule has 0 aliphatic carbocycles. The number of aliphatic imine (C=N–C) groups is 1. The molecule has 0 radical (unpaired) electrons. The van der Waals surface area contributed by atoms with E-state index in [1.54, 1.807) is 0 Å². The maximum absolute atomic E-state index is 12.0. The topological polar surface area (TPSA) is 68.8 Å². The smallest absolute Gasteiger partial charge is 0.224 e. The predicted octanol–water partition coefficient (Wildman–Crippen LogP) is 4.62. The second-order valence-electron chi connectivity index (χ2n) is 8.95. The lowest BCUT2D eigenvalue weighted by atomic mass is 10.0. The van der Waals surface area contributed by atoms with Crippen LogP contribution in [-0.2, 0) is 17.9 Å². The fourth-order valence-electron chi connectivity index (χ4n) is 3.99. The van der Waals surface area contributed by atoms with Crippen LogP contribution in [0, 0.1) is 5.92 Å². The number of hydrogen-bond acceptors (Lipinski definition) is 3. The summed E-state index contributed by atoms with van der Waals surface area (Å²) in [4.78, 5) is 18.9. The fourth-order valence-corrected chi connectivity index (χ4v) is 3.99. The van der Waals surface area contributed by atoms with Gasteiger partial charge in [-0.15, -0.1) is 24.0 Å². The predicted molar refractivity (Wildman–Crippen MR) is 148 cm³/mol. The number of likely N-dealkylation sites (tertiary alicyclic amines) is 1. The summed E-state index contributed by atoms with van der Waals surface area (Å²) >= 11 is 0. The van der Waals surface area contributed by atoms with E-state index in [0.29, 0.717) is 24.9 Å². The summed E-state index contributed by atoms with van der Waals surface area (Å²) in [6, 6.07) is 19.1. The van der Waals surface area contributed by atoms with E-state index in [4.69, 9.17) is 0 Å². The van der Waals surface area contributed by atoms with Gasteiger partial charge in [-0.1, -0.05) is 56.3 Å². The highest BCUT2D eigenvalue weighted by Gasteiger charge is 2.20. The van der Waals surface area contributed by atoms with Crippen LogP contribution in [0.25, 0.3) is 0 Å². The molecule has 0 bridgehead atoms. The molecular weight excluding hydrogens is 525 g/mol. The molecule has 0 aromatic heterocycles. The molecule has 1 aliphatic rings. The zero-order valence-corrected chi connectivity index (χ0v) is 22.3. The largest absolute Gasteiger partial charge is 0.354 e. The molecule has 2 aromatic rings. The molecule has 1 heterocycles. The number of benzene rings is 2. The average Bonchev–Trinajstić information content (AvgIpc) is 2.78. The van der Waals surface area contributed by atoms with Crippen LogP contribution in [0.5, 0.6) is 0 Å². The first-order valence-electron chi connectivity index (χ1n) is 11.6. The molecule has 180 valence electrons. The summed E-state index contributed by atoms with van der Waals surface area (Å²) in [5, 5.41) is 9.97. The van der Waals surface area contributed by atoms with Crippen molar-refractivity contribution >= 4 is 41.5 Å². The maximum Gasteiger partial charge on any atom is 0.224 e. The van der Waals surface area contributed by atoms with Gasteiger partial charge in [-0.3, -0.25) is 14.7 Å². The molecule has 7 heteroatoms. The fraction of sp³-hybridized carbons (Fsp3) is 0.462. The molecule has 6 nitrogen and oxygen atoms in total. The minimum atomic E-state index is 0. The molecule has 0 spiro atoms. The molecule has 33 heavy (non-hydrogen) atoms. The quantitative estimate of drug-likeness (QED) is 0.249. The molecule has 0 unspecified atom stereocenters. The molecule has 1 amide bonds. The Labute approximate surface area is 215 Å². The Morgan fingerprint density at radius 1 is 1.06 bits per heavy atom. The number of nitrogens with one attached hydrogen (secondary N) is 3. The number of carbonyl (C=O) groups is 1. The number of hydrogen-bond donors (Lipinski definition) is 3. The average molecular weight is 564 g/mol. The molecule has 0 saturated carbocycles. The second-order valence-corrected chi connectivity index (χ2v) is 8.95. The number of halogens is 1. The van der Waals surface area contributed by atoms with Crippen LogP contribution in [-0.4, -0.2) is 42.9 Å². The zero-order chi connectivity index (χ0) is 22.8. The molecular formula is C26H38IN5O. The van der Waals surface area contributed by atoms with E-state index < -0.39 is 0 Å². The van der Waals surface area contributed by atoms with Gasteiger partial charge >= 0.3 is 0 Å². The minimum absolute atomic E-state index is 0. The van der Waals surface area contributed by atoms with Gasteiger partial charge in [0.15, 0.2) is 5.96 Å². The highest BCUT2D eigenvalue weighted by molar-refractivity contribution is 14.0. The van der Waals surface area contributed by atoms with Crippen LogP contribution < -0.4 is 16.0 Å². The summed E-state index contributed by atoms with van der Waals surface area (Å²) in [5.41, 5.74) is 3.32. The SMILES string of the molecule is CN=C(NCc1cccc(NC(=O)CC(C)C)c1)NC1CCN(Cc2ccccc2)CC1.I. The van der Waals surface area contributed by atoms with Gasteiger partial charge in [0.05, 0.1) is 0 Å². The molecule has 3 rings (SSSR count). The number of anilines is 1. The maximum atomic E-state index is 12.0. The highest BCUT2D eigenvalue weighted by atomic mass is 127. The number of piperidine rings is 1. The Bertz CT molecular complexity index is 879. The number of nitrogens with zero attached hydrogens (tertiary/aromatic N) is 2. The van der Waals surface area contributed by atoms with Crippen molar-refractivity contribution in [2.24, 2.45) is 10.9 Å². The van der Waals surface area contributed by atoms with Crippen molar-refractivity contribution in [1.29, 1.82) is 0 Å². The standard InChI is InChI=1S/C26H37N5O.HI/c1-20(2)16-25(32)29-24-11-7-10-22(17-24)18-28-26(27-3)30-23-12-14-31(15-13-23)19-21-8-5-4-6-9-21;/h4-11,17,20,23H,12-16,18-19H2,1-3H3,(H,29,32)(H2,27,28,30);1H. The van der Waals surface area contributed by atoms with Gasteiger partial charge in [0.25, 0.3) is 0 Å². The monoisotopic (exact) mass is 563 g/mol. The number of rotatable bonds is 8. The lowest BCUT2D eigenvalue weighted by Crippen LogP contribution is -2.48. The Balaban J connectivity index is 0.00000385. The summed E-state index contributed by atoms with van der Waals surface area (Å²) in [7, 11) is 1.81. The van der Waals surface area contributed by atoms with Crippen molar-refractivity contribution in [1.82, 2.24) is 15.5 Å². The Morgan fingerprint density at radius 2 is 1.76 bits per heavy atom. The second kappa shape index (κ2) is 14.2. The van der Waals surface area contributed by atoms with Crippen LogP contribution in [0.1, 0.15) is 44.2 Å². The van der Waals surface area contributed by atoms with Crippen molar-refractivity contribution in [3.05, 3.63) is 65.7 Å². The van der Waals surface area contributed by atoms with Crippen molar-refractivity contribution in [2.45, 2.75) is 52.2 Å². The Kier molecular flexibility index (Phi) is 11.7. The van der Waals surface area contributed by atoms with Crippen LogP contribution in [0.4, 0.5) is 5.69 Å². The molecule has 3 N–H and O–H groups in total. The highest BCUT2D eigenvalue weighted by Crippen LogP contribution is 2.15. The van der Waals surface area contributed by atoms with Crippen molar-refractivity contribution in [3.63, 3.8) is 0 Å². The number of carbonyl (C=O) groups excluding carboxylic acids is 1. The summed E-state index contributed by atoms with van der Waals surface area (Å²) in [5.74, 6) is 1.22. The minimum Gasteiger partial charge on any atom is -0.354 e. The molecule has 1 saturated heterocycles. The van der Waals surface area contributed by atoms with Gasteiger partial charge in [-0.2, -0.15) is 0 Å². The summed E-state index contributed by atoms with van der Waals surface area (Å²) in [6.45, 7) is 7.94. The van der Waals surface area contributed by atoms with Crippen molar-refractivity contribution in [3.8, 4) is 0 Å². The molecule has 2 aromatic carbocycles. The van der Waals surface area contributed by atoms with E-state index in [2.05, 4.69) is 62.2 Å². The third kappa shape index (κ3) is 9.71. The van der Waals surface area contributed by atoms with Crippen LogP contribution >= 0.6 is 24.0 Å². The number of amides is 1. The van der Waals surface area contributed by atoms with E-state index in [9.17, 15) is 4.79 Å². The summed E-state index contributed by atoms with van der Waals surface area (Å²) < 4.78 is 0. The lowest BCUT2D eigenvalue weighted by Gasteiger charge is -2.33. The number of guanidine groups is 1. The van der Waals surface area contributed by atoms with Crippen LogP contribution in [0.15, 0.2) is 59.6 Å². The molecule has 0 atom stereocenters. The summed E-state index contributed by atoms with van der Waals surface area (Å²) in [6.07, 6.45) is 2.74.